The lowest BCUT2D eigenvalue weighted by Gasteiger charge is -2.44. The van der Waals surface area contributed by atoms with E-state index in [0.717, 1.165) is 47.3 Å². The predicted molar refractivity (Wildman–Crippen MR) is 130 cm³/mol. The summed E-state index contributed by atoms with van der Waals surface area (Å²) in [5, 5.41) is 0. The molecule has 0 saturated carbocycles. The predicted octanol–water partition coefficient (Wildman–Crippen LogP) is 5.79. The van der Waals surface area contributed by atoms with Crippen molar-refractivity contribution < 1.29 is 13.9 Å². The zero-order valence-electron chi connectivity index (χ0n) is 19.7. The van der Waals surface area contributed by atoms with Crippen LogP contribution in [0.1, 0.15) is 49.0 Å². The van der Waals surface area contributed by atoms with Crippen molar-refractivity contribution in [1.29, 1.82) is 0 Å². The number of halogens is 1. The van der Waals surface area contributed by atoms with Crippen molar-refractivity contribution in [3.63, 3.8) is 0 Å². The lowest BCUT2D eigenvalue weighted by atomic mass is 9.84. The van der Waals surface area contributed by atoms with Gasteiger partial charge in [-0.2, -0.15) is 0 Å². The van der Waals surface area contributed by atoms with Crippen LogP contribution in [0.5, 0.6) is 5.75 Å². The van der Waals surface area contributed by atoms with Crippen molar-refractivity contribution in [2.45, 2.75) is 45.2 Å². The van der Waals surface area contributed by atoms with E-state index in [0.29, 0.717) is 5.75 Å². The second-order valence-electron chi connectivity index (χ2n) is 9.14. The van der Waals surface area contributed by atoms with Gasteiger partial charge in [0.25, 0.3) is 5.91 Å². The standard InChI is InChI=1S/C28H28FN3O2/c1-18-12-24-10-7-22(28(33)32(24)26(13-18)21-5-8-23(29)9-6-21)14-20-4-11-25(27(15-20)34-3)31-16-19(2)30-17-31/h4-6,8-9,11,13-17,24,26H,7,10,12H2,1-3H3/t24-,26+/m1/s1. The number of aromatic nitrogens is 2. The van der Waals surface area contributed by atoms with E-state index >= 15 is 0 Å². The second kappa shape index (κ2) is 8.93. The highest BCUT2D eigenvalue weighted by molar-refractivity contribution is 5.99. The molecule has 0 unspecified atom stereocenters. The minimum Gasteiger partial charge on any atom is -0.495 e. The average molecular weight is 458 g/mol. The third-order valence-corrected chi connectivity index (χ3v) is 6.70. The molecule has 1 saturated heterocycles. The highest BCUT2D eigenvalue weighted by atomic mass is 19.1. The van der Waals surface area contributed by atoms with Gasteiger partial charge in [-0.15, -0.1) is 0 Å². The zero-order chi connectivity index (χ0) is 23.8. The molecule has 2 aliphatic rings. The van der Waals surface area contributed by atoms with Crippen molar-refractivity contribution >= 4 is 12.0 Å². The summed E-state index contributed by atoms with van der Waals surface area (Å²) in [5.41, 5.74) is 5.73. The van der Waals surface area contributed by atoms with E-state index in [2.05, 4.69) is 18.0 Å². The molecule has 174 valence electrons. The number of carbonyl (C=O) groups is 1. The maximum Gasteiger partial charge on any atom is 0.250 e. The van der Waals surface area contributed by atoms with Gasteiger partial charge in [-0.1, -0.05) is 29.8 Å². The molecule has 0 spiro atoms. The van der Waals surface area contributed by atoms with E-state index in [1.54, 1.807) is 25.6 Å². The molecule has 2 aromatic carbocycles. The summed E-state index contributed by atoms with van der Waals surface area (Å²) in [6, 6.07) is 12.4. The number of imidazole rings is 1. The molecule has 3 heterocycles. The van der Waals surface area contributed by atoms with Crippen LogP contribution in [-0.4, -0.2) is 33.5 Å². The van der Waals surface area contributed by atoms with Crippen LogP contribution < -0.4 is 4.74 Å². The Bertz CT molecular complexity index is 1290. The number of ether oxygens (including phenoxy) is 1. The fourth-order valence-electron chi connectivity index (χ4n) is 5.05. The number of nitrogens with zero attached hydrogens (tertiary/aromatic N) is 3. The van der Waals surface area contributed by atoms with Crippen LogP contribution in [0.25, 0.3) is 11.8 Å². The van der Waals surface area contributed by atoms with Gasteiger partial charge in [0.2, 0.25) is 0 Å². The molecular weight excluding hydrogens is 429 g/mol. The van der Waals surface area contributed by atoms with Crippen LogP contribution in [-0.2, 0) is 4.79 Å². The van der Waals surface area contributed by atoms with Gasteiger partial charge in [0.15, 0.2) is 0 Å². The number of piperidine rings is 1. The molecule has 5 rings (SSSR count). The molecule has 0 aliphatic carbocycles. The Kier molecular flexibility index (Phi) is 5.82. The molecule has 2 aliphatic heterocycles. The molecule has 3 aromatic rings. The summed E-state index contributed by atoms with van der Waals surface area (Å²) in [4.78, 5) is 20.0. The van der Waals surface area contributed by atoms with E-state index in [-0.39, 0.29) is 23.8 Å². The SMILES string of the molecule is COc1cc(C=C2CC[C@@H]3CC(C)=C[C@@H](c4ccc(F)cc4)N3C2=O)ccc1-n1cnc(C)c1. The summed E-state index contributed by atoms with van der Waals surface area (Å²) in [6.07, 6.45) is 10.3. The first-order valence-electron chi connectivity index (χ1n) is 11.6. The van der Waals surface area contributed by atoms with Crippen LogP contribution in [0.15, 0.2) is 72.2 Å². The van der Waals surface area contributed by atoms with Gasteiger partial charge < -0.3 is 14.2 Å². The van der Waals surface area contributed by atoms with Gasteiger partial charge in [0, 0.05) is 17.8 Å². The van der Waals surface area contributed by atoms with E-state index in [4.69, 9.17) is 4.74 Å². The highest BCUT2D eigenvalue weighted by Crippen LogP contribution is 2.40. The molecular formula is C28H28FN3O2. The topological polar surface area (TPSA) is 47.4 Å². The van der Waals surface area contributed by atoms with Crippen LogP contribution in [0.4, 0.5) is 4.39 Å². The summed E-state index contributed by atoms with van der Waals surface area (Å²) in [7, 11) is 1.64. The Morgan fingerprint density at radius 1 is 1.15 bits per heavy atom. The van der Waals surface area contributed by atoms with Gasteiger partial charge in [0.05, 0.1) is 30.9 Å². The fraction of sp³-hybridized carbons (Fsp3) is 0.286. The first kappa shape index (κ1) is 22.1. The number of carbonyl (C=O) groups excluding carboxylic acids is 1. The van der Waals surface area contributed by atoms with Gasteiger partial charge in [-0.05, 0) is 74.6 Å². The molecule has 1 fully saturated rings. The largest absolute Gasteiger partial charge is 0.495 e. The van der Waals surface area contributed by atoms with Gasteiger partial charge >= 0.3 is 0 Å². The number of amides is 1. The highest BCUT2D eigenvalue weighted by Gasteiger charge is 2.38. The third-order valence-electron chi connectivity index (χ3n) is 6.70. The van der Waals surface area contributed by atoms with E-state index in [1.807, 2.05) is 46.9 Å². The first-order valence-corrected chi connectivity index (χ1v) is 11.6. The molecule has 2 atom stereocenters. The number of hydrogen-bond donors (Lipinski definition) is 0. The smallest absolute Gasteiger partial charge is 0.250 e. The molecule has 5 nitrogen and oxygen atoms in total. The van der Waals surface area contributed by atoms with Crippen LogP contribution in [0.3, 0.4) is 0 Å². The quantitative estimate of drug-likeness (QED) is 0.368. The Morgan fingerprint density at radius 2 is 1.94 bits per heavy atom. The monoisotopic (exact) mass is 457 g/mol. The van der Waals surface area contributed by atoms with Crippen molar-refractivity contribution in [3.05, 3.63) is 94.8 Å². The molecule has 0 radical (unpaired) electrons. The maximum absolute atomic E-state index is 13.7. The van der Waals surface area contributed by atoms with Crippen LogP contribution in [0.2, 0.25) is 0 Å². The molecule has 34 heavy (non-hydrogen) atoms. The average Bonchev–Trinajstić information content (AvgIpc) is 3.26. The van der Waals surface area contributed by atoms with Gasteiger partial charge in [-0.25, -0.2) is 9.37 Å². The lowest BCUT2D eigenvalue weighted by molar-refractivity contribution is -0.133. The number of methoxy groups -OCH3 is 1. The molecule has 6 heteroatoms. The van der Waals surface area contributed by atoms with Crippen LogP contribution in [0, 0.1) is 12.7 Å². The number of hydrogen-bond acceptors (Lipinski definition) is 3. The number of fused-ring (bicyclic) bond motifs is 1. The Hall–Kier alpha value is -3.67. The first-order chi connectivity index (χ1) is 16.4. The van der Waals surface area contributed by atoms with Gasteiger partial charge in [-0.3, -0.25) is 4.79 Å². The fourth-order valence-corrected chi connectivity index (χ4v) is 5.05. The normalized spacial score (nSPS) is 21.4. The van der Waals surface area contributed by atoms with E-state index in [9.17, 15) is 9.18 Å². The van der Waals surface area contributed by atoms with Crippen molar-refractivity contribution in [2.24, 2.45) is 0 Å². The Balaban J connectivity index is 1.47. The summed E-state index contributed by atoms with van der Waals surface area (Å²) in [6.45, 7) is 4.06. The number of benzene rings is 2. The van der Waals surface area contributed by atoms with Gasteiger partial charge in [0.1, 0.15) is 11.6 Å². The molecule has 0 N–H and O–H groups in total. The van der Waals surface area contributed by atoms with Crippen molar-refractivity contribution in [1.82, 2.24) is 14.5 Å². The minimum absolute atomic E-state index is 0.0441. The Morgan fingerprint density at radius 3 is 2.65 bits per heavy atom. The summed E-state index contributed by atoms with van der Waals surface area (Å²) >= 11 is 0. The summed E-state index contributed by atoms with van der Waals surface area (Å²) in [5.74, 6) is 0.488. The number of rotatable bonds is 4. The Labute approximate surface area is 199 Å². The zero-order valence-corrected chi connectivity index (χ0v) is 19.7. The lowest BCUT2D eigenvalue weighted by Crippen LogP contribution is -2.48. The molecule has 1 aromatic heterocycles. The van der Waals surface area contributed by atoms with Crippen LogP contribution >= 0.6 is 0 Å². The molecule has 0 bridgehead atoms. The third kappa shape index (κ3) is 4.16. The number of aryl methyl sites for hydroxylation is 1. The van der Waals surface area contributed by atoms with E-state index in [1.165, 1.54) is 17.7 Å². The van der Waals surface area contributed by atoms with Crippen molar-refractivity contribution in [2.75, 3.05) is 7.11 Å². The van der Waals surface area contributed by atoms with Crippen molar-refractivity contribution in [3.8, 4) is 11.4 Å². The van der Waals surface area contributed by atoms with E-state index < -0.39 is 0 Å². The minimum atomic E-state index is -0.273. The maximum atomic E-state index is 13.7. The molecule has 1 amide bonds. The summed E-state index contributed by atoms with van der Waals surface area (Å²) < 4.78 is 21.1. The second-order valence-corrected chi connectivity index (χ2v) is 9.14.